The van der Waals surface area contributed by atoms with Crippen LogP contribution in [0.4, 0.5) is 0 Å². The minimum atomic E-state index is 0. The number of benzene rings is 1. The van der Waals surface area contributed by atoms with Gasteiger partial charge < -0.3 is 10.5 Å². The van der Waals surface area contributed by atoms with Crippen LogP contribution in [0.2, 0.25) is 0 Å². The molecule has 0 saturated carbocycles. The van der Waals surface area contributed by atoms with Crippen molar-refractivity contribution in [3.8, 4) is 5.75 Å². The summed E-state index contributed by atoms with van der Waals surface area (Å²) in [5.74, 6) is 1.82. The van der Waals surface area contributed by atoms with Crippen molar-refractivity contribution in [3.05, 3.63) is 28.8 Å². The third-order valence-corrected chi connectivity index (χ3v) is 3.70. The van der Waals surface area contributed by atoms with E-state index < -0.39 is 0 Å². The summed E-state index contributed by atoms with van der Waals surface area (Å²) < 4.78 is 5.62. The lowest BCUT2D eigenvalue weighted by Gasteiger charge is -2.13. The van der Waals surface area contributed by atoms with Gasteiger partial charge in [-0.25, -0.2) is 0 Å². The minimum Gasteiger partial charge on any atom is -0.493 e. The quantitative estimate of drug-likeness (QED) is 0.861. The van der Waals surface area contributed by atoms with Crippen molar-refractivity contribution >= 4 is 12.4 Å². The molecule has 1 aliphatic heterocycles. The number of hydrogen-bond acceptors (Lipinski definition) is 2. The van der Waals surface area contributed by atoms with Gasteiger partial charge in [-0.15, -0.1) is 12.4 Å². The van der Waals surface area contributed by atoms with Crippen molar-refractivity contribution in [2.75, 3.05) is 13.2 Å². The van der Waals surface area contributed by atoms with Crippen molar-refractivity contribution in [2.45, 2.75) is 31.6 Å². The normalized spacial score (nSPS) is 20.9. The van der Waals surface area contributed by atoms with E-state index in [-0.39, 0.29) is 12.4 Å². The first-order chi connectivity index (χ1) is 7.40. The highest BCUT2D eigenvalue weighted by Gasteiger charge is 2.28. The Labute approximate surface area is 103 Å². The van der Waals surface area contributed by atoms with Crippen molar-refractivity contribution in [3.63, 3.8) is 0 Å². The van der Waals surface area contributed by atoms with Gasteiger partial charge in [-0.1, -0.05) is 6.07 Å². The van der Waals surface area contributed by atoms with E-state index in [0.29, 0.717) is 5.92 Å². The molecule has 1 heterocycles. The average molecular weight is 240 g/mol. The van der Waals surface area contributed by atoms with Gasteiger partial charge in [0.15, 0.2) is 0 Å². The maximum atomic E-state index is 5.68. The van der Waals surface area contributed by atoms with Gasteiger partial charge in [0.05, 0.1) is 6.61 Å². The van der Waals surface area contributed by atoms with Crippen molar-refractivity contribution < 1.29 is 4.74 Å². The fourth-order valence-corrected chi connectivity index (χ4v) is 3.04. The van der Waals surface area contributed by atoms with Gasteiger partial charge in [0.25, 0.3) is 0 Å². The largest absolute Gasteiger partial charge is 0.493 e. The van der Waals surface area contributed by atoms with Crippen LogP contribution in [0.25, 0.3) is 0 Å². The molecule has 3 rings (SSSR count). The lowest BCUT2D eigenvalue weighted by Crippen LogP contribution is -2.06. The van der Waals surface area contributed by atoms with Crippen LogP contribution in [0.5, 0.6) is 5.75 Å². The van der Waals surface area contributed by atoms with Crippen LogP contribution in [0.3, 0.4) is 0 Å². The van der Waals surface area contributed by atoms with E-state index in [0.717, 1.165) is 31.7 Å². The molecule has 1 aromatic rings. The number of hydrogen-bond donors (Lipinski definition) is 1. The molecule has 0 saturated heterocycles. The fraction of sp³-hybridized carbons (Fsp3) is 0.538. The lowest BCUT2D eigenvalue weighted by molar-refractivity contribution is 0.357. The topological polar surface area (TPSA) is 35.2 Å². The molecule has 1 aliphatic carbocycles. The SMILES string of the molecule is Cl.NCC[C@H]1CCc2ccc3c(c21)CCO3. The Bertz CT molecular complexity index is 390. The zero-order valence-corrected chi connectivity index (χ0v) is 10.2. The number of halogens is 1. The van der Waals surface area contributed by atoms with Crippen LogP contribution in [0, 0.1) is 0 Å². The Balaban J connectivity index is 0.000000963. The predicted molar refractivity (Wildman–Crippen MR) is 67.6 cm³/mol. The molecular weight excluding hydrogens is 222 g/mol. The van der Waals surface area contributed by atoms with Gasteiger partial charge >= 0.3 is 0 Å². The summed E-state index contributed by atoms with van der Waals surface area (Å²) in [6.45, 7) is 1.66. The lowest BCUT2D eigenvalue weighted by atomic mass is 9.92. The first-order valence-corrected chi connectivity index (χ1v) is 5.87. The third-order valence-electron chi connectivity index (χ3n) is 3.70. The molecule has 1 atom stereocenters. The number of nitrogens with two attached hydrogens (primary N) is 1. The molecule has 2 aliphatic rings. The number of rotatable bonds is 2. The van der Waals surface area contributed by atoms with Crippen molar-refractivity contribution in [1.82, 2.24) is 0 Å². The second-order valence-corrected chi connectivity index (χ2v) is 4.53. The van der Waals surface area contributed by atoms with E-state index in [1.165, 1.54) is 24.0 Å². The first-order valence-electron chi connectivity index (χ1n) is 5.87. The van der Waals surface area contributed by atoms with Gasteiger partial charge in [-0.05, 0) is 48.9 Å². The minimum absolute atomic E-state index is 0. The van der Waals surface area contributed by atoms with E-state index in [9.17, 15) is 0 Å². The number of ether oxygens (including phenoxy) is 1. The summed E-state index contributed by atoms with van der Waals surface area (Å²) in [7, 11) is 0. The predicted octanol–water partition coefficient (Wildman–Crippen LogP) is 2.42. The average Bonchev–Trinajstić information content (AvgIpc) is 2.83. The van der Waals surface area contributed by atoms with E-state index in [4.69, 9.17) is 10.5 Å². The third kappa shape index (κ3) is 1.70. The molecule has 0 amide bonds. The maximum absolute atomic E-state index is 5.68. The Morgan fingerprint density at radius 1 is 1.31 bits per heavy atom. The van der Waals surface area contributed by atoms with Crippen LogP contribution in [-0.2, 0) is 12.8 Å². The molecule has 0 radical (unpaired) electrons. The summed E-state index contributed by atoms with van der Waals surface area (Å²) >= 11 is 0. The van der Waals surface area contributed by atoms with Crippen molar-refractivity contribution in [1.29, 1.82) is 0 Å². The Hall–Kier alpha value is -0.730. The summed E-state index contributed by atoms with van der Waals surface area (Å²) in [5, 5.41) is 0. The Morgan fingerprint density at radius 3 is 3.00 bits per heavy atom. The standard InChI is InChI=1S/C13H17NO.ClH/c14-7-5-10-2-1-9-3-4-12-11(13(9)10)6-8-15-12;/h3-4,10H,1-2,5-8,14H2;1H/t10-;/m1./s1. The number of aryl methyl sites for hydroxylation is 1. The zero-order valence-electron chi connectivity index (χ0n) is 9.37. The van der Waals surface area contributed by atoms with Gasteiger partial charge in [0.2, 0.25) is 0 Å². The summed E-state index contributed by atoms with van der Waals surface area (Å²) in [5.41, 5.74) is 10.3. The second-order valence-electron chi connectivity index (χ2n) is 4.53. The first kappa shape index (κ1) is 11.7. The van der Waals surface area contributed by atoms with E-state index >= 15 is 0 Å². The van der Waals surface area contributed by atoms with Crippen LogP contribution in [0.1, 0.15) is 35.4 Å². The van der Waals surface area contributed by atoms with E-state index in [1.54, 1.807) is 5.56 Å². The van der Waals surface area contributed by atoms with Gasteiger partial charge in [0, 0.05) is 12.0 Å². The molecular formula is C13H18ClNO. The fourth-order valence-electron chi connectivity index (χ4n) is 3.04. The molecule has 2 nitrogen and oxygen atoms in total. The van der Waals surface area contributed by atoms with Crippen molar-refractivity contribution in [2.24, 2.45) is 5.73 Å². The van der Waals surface area contributed by atoms with Crippen LogP contribution >= 0.6 is 12.4 Å². The Morgan fingerprint density at radius 2 is 2.19 bits per heavy atom. The smallest absolute Gasteiger partial charge is 0.122 e. The molecule has 0 fully saturated rings. The van der Waals surface area contributed by atoms with Gasteiger partial charge in [0.1, 0.15) is 5.75 Å². The molecule has 88 valence electrons. The Kier molecular flexibility index (Phi) is 3.41. The molecule has 2 N–H and O–H groups in total. The molecule has 0 unspecified atom stereocenters. The highest BCUT2D eigenvalue weighted by Crippen LogP contribution is 2.42. The number of fused-ring (bicyclic) bond motifs is 3. The summed E-state index contributed by atoms with van der Waals surface area (Å²) in [6.07, 6.45) is 4.74. The van der Waals surface area contributed by atoms with E-state index in [1.807, 2.05) is 0 Å². The molecule has 0 bridgehead atoms. The molecule has 3 heteroatoms. The van der Waals surface area contributed by atoms with Gasteiger partial charge in [-0.2, -0.15) is 0 Å². The van der Waals surface area contributed by atoms with Crippen LogP contribution < -0.4 is 10.5 Å². The van der Waals surface area contributed by atoms with Gasteiger partial charge in [-0.3, -0.25) is 0 Å². The monoisotopic (exact) mass is 239 g/mol. The second kappa shape index (κ2) is 4.64. The molecule has 0 spiro atoms. The molecule has 1 aromatic carbocycles. The zero-order chi connectivity index (χ0) is 10.3. The van der Waals surface area contributed by atoms with Crippen LogP contribution in [-0.4, -0.2) is 13.2 Å². The molecule has 0 aromatic heterocycles. The maximum Gasteiger partial charge on any atom is 0.122 e. The summed E-state index contributed by atoms with van der Waals surface area (Å²) in [4.78, 5) is 0. The highest BCUT2D eigenvalue weighted by atomic mass is 35.5. The molecule has 16 heavy (non-hydrogen) atoms. The van der Waals surface area contributed by atoms with E-state index in [2.05, 4.69) is 12.1 Å². The highest BCUT2D eigenvalue weighted by molar-refractivity contribution is 5.85. The van der Waals surface area contributed by atoms with Crippen LogP contribution in [0.15, 0.2) is 12.1 Å². The summed E-state index contributed by atoms with van der Waals surface area (Å²) in [6, 6.07) is 4.39.